The van der Waals surface area contributed by atoms with Crippen LogP contribution in [0.2, 0.25) is 0 Å². The van der Waals surface area contributed by atoms with Gasteiger partial charge in [0.25, 0.3) is 0 Å². The number of amides is 1. The third-order valence-electron chi connectivity index (χ3n) is 3.59. The monoisotopic (exact) mass is 307 g/mol. The normalized spacial score (nSPS) is 26.3. The maximum atomic E-state index is 12.2. The minimum atomic E-state index is -3.60. The Kier molecular flexibility index (Phi) is 6.20. The fraction of sp³-hybridized carbons (Fsp3) is 0.923. The van der Waals surface area contributed by atoms with E-state index in [2.05, 4.69) is 0 Å². The van der Waals surface area contributed by atoms with Crippen molar-refractivity contribution in [2.75, 3.05) is 20.3 Å². The first-order chi connectivity index (χ1) is 9.19. The van der Waals surface area contributed by atoms with Crippen molar-refractivity contribution in [1.29, 1.82) is 0 Å². The molecule has 0 aliphatic carbocycles. The van der Waals surface area contributed by atoms with Crippen molar-refractivity contribution in [2.45, 2.75) is 51.9 Å². The third kappa shape index (κ3) is 4.29. The second-order valence-electron chi connectivity index (χ2n) is 5.85. The molecule has 0 aromatic rings. The van der Waals surface area contributed by atoms with Crippen LogP contribution in [-0.4, -0.2) is 53.8 Å². The highest BCUT2D eigenvalue weighted by molar-refractivity contribution is 7.53. The van der Waals surface area contributed by atoms with Gasteiger partial charge in [0.2, 0.25) is 5.91 Å². The van der Waals surface area contributed by atoms with Crippen molar-refractivity contribution in [2.24, 2.45) is 5.92 Å². The lowest BCUT2D eigenvalue weighted by atomic mass is 10.1. The zero-order valence-electron chi connectivity index (χ0n) is 12.9. The van der Waals surface area contributed by atoms with Crippen LogP contribution in [0.15, 0.2) is 0 Å². The highest BCUT2D eigenvalue weighted by Crippen LogP contribution is 2.47. The van der Waals surface area contributed by atoms with Gasteiger partial charge in [-0.2, -0.15) is 0 Å². The largest absolute Gasteiger partial charge is 0.380 e. The van der Waals surface area contributed by atoms with Crippen LogP contribution in [0.25, 0.3) is 0 Å². The number of likely N-dealkylation sites (tertiary alicyclic amines) is 1. The van der Waals surface area contributed by atoms with Gasteiger partial charge in [-0.3, -0.25) is 9.36 Å². The molecule has 3 unspecified atom stereocenters. The van der Waals surface area contributed by atoms with Gasteiger partial charge in [0.15, 0.2) is 0 Å². The molecule has 0 spiro atoms. The highest BCUT2D eigenvalue weighted by Gasteiger charge is 2.38. The Labute approximate surface area is 121 Å². The third-order valence-corrected chi connectivity index (χ3v) is 5.42. The predicted molar refractivity (Wildman–Crippen MR) is 76.7 cm³/mol. The van der Waals surface area contributed by atoms with Crippen molar-refractivity contribution < 1.29 is 23.5 Å². The molecule has 1 aliphatic heterocycles. The summed E-state index contributed by atoms with van der Waals surface area (Å²) < 4.78 is 22.3. The van der Waals surface area contributed by atoms with Crippen LogP contribution in [-0.2, 0) is 18.6 Å². The summed E-state index contributed by atoms with van der Waals surface area (Å²) in [6.45, 7) is 7.55. The second kappa shape index (κ2) is 7.03. The van der Waals surface area contributed by atoms with Crippen molar-refractivity contribution in [3.63, 3.8) is 0 Å². The highest BCUT2D eigenvalue weighted by atomic mass is 31.2. The van der Waals surface area contributed by atoms with Crippen molar-refractivity contribution in [1.82, 2.24) is 4.90 Å². The molecule has 0 saturated carbocycles. The second-order valence-corrected chi connectivity index (χ2v) is 8.27. The lowest BCUT2D eigenvalue weighted by Crippen LogP contribution is -2.40. The van der Waals surface area contributed by atoms with E-state index in [1.807, 2.05) is 13.8 Å². The van der Waals surface area contributed by atoms with Gasteiger partial charge < -0.3 is 19.1 Å². The van der Waals surface area contributed by atoms with E-state index in [4.69, 9.17) is 9.26 Å². The molecule has 1 saturated heterocycles. The number of nitrogens with zero attached hydrogens (tertiary/aromatic N) is 1. The molecular formula is C13H26NO5P. The van der Waals surface area contributed by atoms with E-state index in [-0.39, 0.29) is 30.6 Å². The summed E-state index contributed by atoms with van der Waals surface area (Å²) >= 11 is 0. The van der Waals surface area contributed by atoms with Gasteiger partial charge in [-0.25, -0.2) is 0 Å². The fourth-order valence-corrected chi connectivity index (χ4v) is 2.83. The molecular weight excluding hydrogens is 281 g/mol. The summed E-state index contributed by atoms with van der Waals surface area (Å²) in [6.07, 6.45) is 0.594. The number of hydrogen-bond donors (Lipinski definition) is 1. The summed E-state index contributed by atoms with van der Waals surface area (Å²) in [5, 5.41) is 0. The molecule has 0 aromatic heterocycles. The quantitative estimate of drug-likeness (QED) is 0.758. The Morgan fingerprint density at radius 2 is 2.00 bits per heavy atom. The Bertz CT molecular complexity index is 385. The molecule has 118 valence electrons. The first kappa shape index (κ1) is 17.6. The molecule has 1 heterocycles. The van der Waals surface area contributed by atoms with Crippen LogP contribution in [0, 0.1) is 5.92 Å². The molecule has 1 aliphatic rings. The Morgan fingerprint density at radius 3 is 2.45 bits per heavy atom. The van der Waals surface area contributed by atoms with E-state index in [1.54, 1.807) is 25.9 Å². The summed E-state index contributed by atoms with van der Waals surface area (Å²) in [5.41, 5.74) is -0.448. The SMILES string of the molecule is COC1CC(COP(=O)(O)C(C)C)N(C(=O)C(C)C)C1. The molecule has 0 radical (unpaired) electrons. The topological polar surface area (TPSA) is 76.1 Å². The van der Waals surface area contributed by atoms with Gasteiger partial charge >= 0.3 is 7.60 Å². The maximum Gasteiger partial charge on any atom is 0.330 e. The standard InChI is InChI=1S/C13H26NO5P/c1-9(2)13(15)14-7-12(18-5)6-11(14)8-19-20(16,17)10(3)4/h9-12H,6-8H2,1-5H3,(H,16,17). The van der Waals surface area contributed by atoms with Gasteiger partial charge in [0.05, 0.1) is 24.4 Å². The number of hydrogen-bond acceptors (Lipinski definition) is 4. The molecule has 0 bridgehead atoms. The van der Waals surface area contributed by atoms with Gasteiger partial charge in [-0.1, -0.05) is 27.7 Å². The fourth-order valence-electron chi connectivity index (χ4n) is 2.15. The van der Waals surface area contributed by atoms with E-state index in [0.717, 1.165) is 0 Å². The van der Waals surface area contributed by atoms with Gasteiger partial charge in [-0.05, 0) is 6.42 Å². The summed E-state index contributed by atoms with van der Waals surface area (Å²) in [4.78, 5) is 23.6. The molecule has 7 heteroatoms. The van der Waals surface area contributed by atoms with Crippen molar-refractivity contribution in [3.8, 4) is 0 Å². The van der Waals surface area contributed by atoms with Crippen LogP contribution in [0.4, 0.5) is 0 Å². The summed E-state index contributed by atoms with van der Waals surface area (Å²) in [7, 11) is -2.00. The van der Waals surface area contributed by atoms with E-state index >= 15 is 0 Å². The summed E-state index contributed by atoms with van der Waals surface area (Å²) in [6, 6.07) is -0.200. The molecule has 1 amide bonds. The summed E-state index contributed by atoms with van der Waals surface area (Å²) in [5.74, 6) is -0.0883. The van der Waals surface area contributed by atoms with Crippen molar-refractivity contribution in [3.05, 3.63) is 0 Å². The average molecular weight is 307 g/mol. The first-order valence-electron chi connectivity index (χ1n) is 6.99. The Morgan fingerprint density at radius 1 is 1.40 bits per heavy atom. The van der Waals surface area contributed by atoms with Gasteiger partial charge in [0.1, 0.15) is 0 Å². The lowest BCUT2D eigenvalue weighted by Gasteiger charge is -2.27. The molecule has 3 atom stereocenters. The van der Waals surface area contributed by atoms with E-state index in [9.17, 15) is 14.3 Å². The van der Waals surface area contributed by atoms with Crippen LogP contribution >= 0.6 is 7.60 Å². The number of carbonyl (C=O) groups is 1. The molecule has 1 N–H and O–H groups in total. The molecule has 1 rings (SSSR count). The average Bonchev–Trinajstić information content (AvgIpc) is 2.78. The smallest absolute Gasteiger partial charge is 0.330 e. The van der Waals surface area contributed by atoms with E-state index in [0.29, 0.717) is 13.0 Å². The zero-order chi connectivity index (χ0) is 15.5. The van der Waals surface area contributed by atoms with E-state index < -0.39 is 13.3 Å². The number of rotatable bonds is 6. The molecule has 6 nitrogen and oxygen atoms in total. The molecule has 1 fully saturated rings. The molecule has 0 aromatic carbocycles. The van der Waals surface area contributed by atoms with Crippen LogP contribution in [0.5, 0.6) is 0 Å². The predicted octanol–water partition coefficient (Wildman–Crippen LogP) is 1.87. The number of methoxy groups -OCH3 is 1. The van der Waals surface area contributed by atoms with Crippen LogP contribution < -0.4 is 0 Å². The lowest BCUT2D eigenvalue weighted by molar-refractivity contribution is -0.136. The van der Waals surface area contributed by atoms with Gasteiger partial charge in [0, 0.05) is 19.6 Å². The first-order valence-corrected chi connectivity index (χ1v) is 8.64. The van der Waals surface area contributed by atoms with E-state index in [1.165, 1.54) is 0 Å². The zero-order valence-corrected chi connectivity index (χ0v) is 13.8. The maximum absolute atomic E-state index is 12.2. The minimum absolute atomic E-state index is 0.0236. The van der Waals surface area contributed by atoms with Crippen LogP contribution in [0.1, 0.15) is 34.1 Å². The Hall–Kier alpha value is -0.420. The van der Waals surface area contributed by atoms with Gasteiger partial charge in [-0.15, -0.1) is 0 Å². The number of carbonyl (C=O) groups excluding carboxylic acids is 1. The van der Waals surface area contributed by atoms with Crippen molar-refractivity contribution >= 4 is 13.5 Å². The number of ether oxygens (including phenoxy) is 1. The molecule has 20 heavy (non-hydrogen) atoms. The Balaban J connectivity index is 2.70. The van der Waals surface area contributed by atoms with Crippen LogP contribution in [0.3, 0.4) is 0 Å². The minimum Gasteiger partial charge on any atom is -0.380 e.